The van der Waals surface area contributed by atoms with Gasteiger partial charge in [0, 0.05) is 6.04 Å². The van der Waals surface area contributed by atoms with E-state index in [1.54, 1.807) is 0 Å². The van der Waals surface area contributed by atoms with Crippen LogP contribution in [0.4, 0.5) is 10.1 Å². The first-order valence-electron chi connectivity index (χ1n) is 6.14. The molecule has 1 saturated carbocycles. The van der Waals surface area contributed by atoms with Gasteiger partial charge in [-0.25, -0.2) is 17.5 Å². The summed E-state index contributed by atoms with van der Waals surface area (Å²) in [5.74, 6) is -0.748. The van der Waals surface area contributed by atoms with Gasteiger partial charge in [-0.1, -0.05) is 6.07 Å². The van der Waals surface area contributed by atoms with Gasteiger partial charge in [0.2, 0.25) is 10.0 Å². The van der Waals surface area contributed by atoms with Gasteiger partial charge in [-0.3, -0.25) is 0 Å². The fourth-order valence-electron chi connectivity index (χ4n) is 2.23. The standard InChI is InChI=1S/C12H17FN2O3S/c13-10-2-1-3-11(12(10)14)19(17,18)15-8-4-6-9(16)7-5-8/h1-3,8-9,15-16H,4-7,14H2. The molecule has 5 nitrogen and oxygen atoms in total. The Kier molecular flexibility index (Phi) is 4.07. The van der Waals surface area contributed by atoms with Crippen molar-refractivity contribution in [2.45, 2.75) is 42.7 Å². The number of sulfonamides is 1. The number of nitrogens with two attached hydrogens (primary N) is 1. The van der Waals surface area contributed by atoms with Crippen molar-refractivity contribution in [3.8, 4) is 0 Å². The predicted octanol–water partition coefficient (Wildman–Crippen LogP) is 0.990. The number of para-hydroxylation sites is 1. The zero-order chi connectivity index (χ0) is 14.0. The molecule has 7 heteroatoms. The van der Waals surface area contributed by atoms with Crippen LogP contribution < -0.4 is 10.5 Å². The van der Waals surface area contributed by atoms with Gasteiger partial charge in [0.15, 0.2) is 0 Å². The smallest absolute Gasteiger partial charge is 0.242 e. The van der Waals surface area contributed by atoms with Crippen LogP contribution in [0.15, 0.2) is 23.1 Å². The van der Waals surface area contributed by atoms with E-state index in [9.17, 15) is 17.9 Å². The summed E-state index contributed by atoms with van der Waals surface area (Å²) < 4.78 is 40.1. The van der Waals surface area contributed by atoms with Crippen LogP contribution in [0.2, 0.25) is 0 Å². The molecule has 106 valence electrons. The number of hydrogen-bond acceptors (Lipinski definition) is 4. The van der Waals surface area contributed by atoms with E-state index in [1.807, 2.05) is 0 Å². The first-order chi connectivity index (χ1) is 8.90. The highest BCUT2D eigenvalue weighted by Gasteiger charge is 2.26. The highest BCUT2D eigenvalue weighted by Crippen LogP contribution is 2.24. The first kappa shape index (κ1) is 14.2. The molecule has 0 aliphatic heterocycles. The topological polar surface area (TPSA) is 92.4 Å². The van der Waals surface area contributed by atoms with E-state index in [0.717, 1.165) is 6.07 Å². The lowest BCUT2D eigenvalue weighted by Gasteiger charge is -2.26. The summed E-state index contributed by atoms with van der Waals surface area (Å²) in [5, 5.41) is 9.38. The minimum absolute atomic E-state index is 0.237. The number of aliphatic hydroxyl groups is 1. The van der Waals surface area contributed by atoms with E-state index in [0.29, 0.717) is 25.7 Å². The third-order valence-electron chi connectivity index (χ3n) is 3.32. The van der Waals surface area contributed by atoms with E-state index < -0.39 is 15.8 Å². The lowest BCUT2D eigenvalue weighted by molar-refractivity contribution is 0.120. The lowest BCUT2D eigenvalue weighted by Crippen LogP contribution is -2.38. The van der Waals surface area contributed by atoms with Crippen molar-refractivity contribution in [3.63, 3.8) is 0 Å². The molecule has 0 atom stereocenters. The van der Waals surface area contributed by atoms with E-state index in [-0.39, 0.29) is 22.7 Å². The van der Waals surface area contributed by atoms with Gasteiger partial charge < -0.3 is 10.8 Å². The number of benzene rings is 1. The van der Waals surface area contributed by atoms with Gasteiger partial charge >= 0.3 is 0 Å². The zero-order valence-corrected chi connectivity index (χ0v) is 11.2. The Hall–Kier alpha value is -1.18. The van der Waals surface area contributed by atoms with Crippen molar-refractivity contribution in [2.24, 2.45) is 0 Å². The molecule has 1 aromatic carbocycles. The minimum atomic E-state index is -3.83. The minimum Gasteiger partial charge on any atom is -0.395 e. The summed E-state index contributed by atoms with van der Waals surface area (Å²) in [6.45, 7) is 0. The van der Waals surface area contributed by atoms with Gasteiger partial charge in [0.1, 0.15) is 10.7 Å². The van der Waals surface area contributed by atoms with Gasteiger partial charge in [-0.2, -0.15) is 0 Å². The SMILES string of the molecule is Nc1c(F)cccc1S(=O)(=O)NC1CCC(O)CC1. The number of anilines is 1. The molecular weight excluding hydrogens is 271 g/mol. The summed E-state index contributed by atoms with van der Waals surface area (Å²) >= 11 is 0. The van der Waals surface area contributed by atoms with Crippen LogP contribution in [0, 0.1) is 5.82 Å². The molecule has 0 radical (unpaired) electrons. The number of nitrogens with one attached hydrogen (secondary N) is 1. The molecule has 0 heterocycles. The molecule has 0 bridgehead atoms. The molecule has 1 fully saturated rings. The number of rotatable bonds is 3. The Labute approximate surface area is 111 Å². The van der Waals surface area contributed by atoms with Crippen molar-refractivity contribution in [1.29, 1.82) is 0 Å². The van der Waals surface area contributed by atoms with Gasteiger partial charge in [0.25, 0.3) is 0 Å². The number of halogens is 1. The van der Waals surface area contributed by atoms with E-state index >= 15 is 0 Å². The summed E-state index contributed by atoms with van der Waals surface area (Å²) in [5.41, 5.74) is 5.09. The first-order valence-corrected chi connectivity index (χ1v) is 7.63. The van der Waals surface area contributed by atoms with Gasteiger partial charge in [0.05, 0.1) is 11.8 Å². The fourth-order valence-corrected chi connectivity index (χ4v) is 3.67. The molecule has 0 amide bonds. The molecule has 0 saturated heterocycles. The maximum Gasteiger partial charge on any atom is 0.242 e. The van der Waals surface area contributed by atoms with Crippen molar-refractivity contribution in [2.75, 3.05) is 5.73 Å². The zero-order valence-electron chi connectivity index (χ0n) is 10.3. The third-order valence-corrected chi connectivity index (χ3v) is 4.90. The maximum absolute atomic E-state index is 13.3. The van der Waals surface area contributed by atoms with Crippen molar-refractivity contribution >= 4 is 15.7 Å². The second-order valence-electron chi connectivity index (χ2n) is 4.78. The van der Waals surface area contributed by atoms with Crippen LogP contribution in [0.5, 0.6) is 0 Å². The highest BCUT2D eigenvalue weighted by molar-refractivity contribution is 7.89. The fraction of sp³-hybridized carbons (Fsp3) is 0.500. The highest BCUT2D eigenvalue weighted by atomic mass is 32.2. The predicted molar refractivity (Wildman–Crippen MR) is 69.4 cm³/mol. The second-order valence-corrected chi connectivity index (χ2v) is 6.46. The van der Waals surface area contributed by atoms with Gasteiger partial charge in [-0.05, 0) is 37.8 Å². The summed E-state index contributed by atoms with van der Waals surface area (Å²) in [6, 6.07) is 3.46. The molecule has 1 aliphatic rings. The normalized spacial score (nSPS) is 24.3. The van der Waals surface area contributed by atoms with Crippen molar-refractivity contribution in [3.05, 3.63) is 24.0 Å². The summed E-state index contributed by atoms with van der Waals surface area (Å²) in [4.78, 5) is -0.237. The molecule has 2 rings (SSSR count). The van der Waals surface area contributed by atoms with Crippen LogP contribution in [-0.2, 0) is 10.0 Å². The number of hydrogen-bond donors (Lipinski definition) is 3. The number of aliphatic hydroxyl groups excluding tert-OH is 1. The quantitative estimate of drug-likeness (QED) is 0.723. The molecule has 0 spiro atoms. The maximum atomic E-state index is 13.3. The molecule has 19 heavy (non-hydrogen) atoms. The average molecular weight is 288 g/mol. The Morgan fingerprint density at radius 3 is 2.53 bits per heavy atom. The monoisotopic (exact) mass is 288 g/mol. The van der Waals surface area contributed by atoms with E-state index in [4.69, 9.17) is 5.73 Å². The van der Waals surface area contributed by atoms with Crippen LogP contribution in [0.3, 0.4) is 0 Å². The largest absolute Gasteiger partial charge is 0.395 e. The average Bonchev–Trinajstić information content (AvgIpc) is 2.35. The van der Waals surface area contributed by atoms with Crippen LogP contribution >= 0.6 is 0 Å². The van der Waals surface area contributed by atoms with Crippen molar-refractivity contribution in [1.82, 2.24) is 4.72 Å². The third kappa shape index (κ3) is 3.23. The summed E-state index contributed by atoms with van der Waals surface area (Å²) in [6.07, 6.45) is 1.89. The summed E-state index contributed by atoms with van der Waals surface area (Å²) in [7, 11) is -3.83. The molecule has 4 N–H and O–H groups in total. The Morgan fingerprint density at radius 2 is 1.89 bits per heavy atom. The molecule has 1 aromatic rings. The van der Waals surface area contributed by atoms with Crippen molar-refractivity contribution < 1.29 is 17.9 Å². The van der Waals surface area contributed by atoms with E-state index in [2.05, 4.69) is 4.72 Å². The second kappa shape index (κ2) is 5.44. The van der Waals surface area contributed by atoms with Crippen LogP contribution in [-0.4, -0.2) is 25.7 Å². The molecule has 0 unspecified atom stereocenters. The van der Waals surface area contributed by atoms with Crippen LogP contribution in [0.1, 0.15) is 25.7 Å². The Balaban J connectivity index is 2.16. The number of nitrogen functional groups attached to an aromatic ring is 1. The Bertz CT molecular complexity index is 554. The lowest BCUT2D eigenvalue weighted by atomic mass is 9.94. The Morgan fingerprint density at radius 1 is 1.26 bits per heavy atom. The van der Waals surface area contributed by atoms with Crippen LogP contribution in [0.25, 0.3) is 0 Å². The molecule has 0 aromatic heterocycles. The van der Waals surface area contributed by atoms with E-state index in [1.165, 1.54) is 12.1 Å². The molecular formula is C12H17FN2O3S. The van der Waals surface area contributed by atoms with Gasteiger partial charge in [-0.15, -0.1) is 0 Å². The molecule has 1 aliphatic carbocycles.